The number of amides is 2. The highest BCUT2D eigenvalue weighted by molar-refractivity contribution is 6.11. The fraction of sp³-hybridized carbons (Fsp3) is 0.412. The van der Waals surface area contributed by atoms with E-state index in [1.807, 2.05) is 61.6 Å². The molecule has 0 unspecified atom stereocenters. The van der Waals surface area contributed by atoms with E-state index in [2.05, 4.69) is 16.4 Å². The van der Waals surface area contributed by atoms with E-state index in [4.69, 9.17) is 0 Å². The van der Waals surface area contributed by atoms with Crippen molar-refractivity contribution in [3.8, 4) is 0 Å². The Bertz CT molecular complexity index is 1430. The molecule has 2 amide bonds. The number of nitrogens with zero attached hydrogens (tertiary/aromatic N) is 3. The van der Waals surface area contributed by atoms with Crippen LogP contribution >= 0.6 is 0 Å². The first kappa shape index (κ1) is 30.8. The number of carbonyl (C=O) groups excluding carboxylic acids is 4. The maximum absolute atomic E-state index is 12.6. The summed E-state index contributed by atoms with van der Waals surface area (Å²) in [7, 11) is 7.22. The minimum atomic E-state index is -0.0136. The maximum Gasteiger partial charge on any atom is 0.224 e. The summed E-state index contributed by atoms with van der Waals surface area (Å²) in [5.41, 5.74) is 7.23. The Hall–Kier alpha value is -4.20. The number of allylic oxidation sites excluding steroid dienone is 2. The molecule has 0 spiro atoms. The van der Waals surface area contributed by atoms with Crippen LogP contribution in [0.3, 0.4) is 0 Å². The molecule has 1 saturated heterocycles. The van der Waals surface area contributed by atoms with Gasteiger partial charge in [0.05, 0.1) is 6.42 Å². The summed E-state index contributed by atoms with van der Waals surface area (Å²) >= 11 is 0. The first-order valence-electron chi connectivity index (χ1n) is 14.7. The number of likely N-dealkylation sites (tertiary alicyclic amines) is 1. The van der Waals surface area contributed by atoms with E-state index in [9.17, 15) is 19.2 Å². The van der Waals surface area contributed by atoms with Crippen molar-refractivity contribution in [1.29, 1.82) is 0 Å². The van der Waals surface area contributed by atoms with Gasteiger partial charge in [0.25, 0.3) is 0 Å². The third kappa shape index (κ3) is 7.35. The maximum atomic E-state index is 12.6. The van der Waals surface area contributed by atoms with Crippen LogP contribution in [-0.2, 0) is 28.9 Å². The number of ketones is 2. The van der Waals surface area contributed by atoms with Gasteiger partial charge in [-0.2, -0.15) is 0 Å². The zero-order chi connectivity index (χ0) is 30.4. The van der Waals surface area contributed by atoms with E-state index in [0.29, 0.717) is 6.42 Å². The van der Waals surface area contributed by atoms with Crippen molar-refractivity contribution in [2.24, 2.45) is 0 Å². The number of benzene rings is 2. The van der Waals surface area contributed by atoms with Crippen molar-refractivity contribution in [3.05, 3.63) is 87.8 Å². The topological polar surface area (TPSA) is 90.0 Å². The number of rotatable bonds is 5. The van der Waals surface area contributed by atoms with Crippen LogP contribution in [0.4, 0.5) is 5.69 Å². The lowest BCUT2D eigenvalue weighted by atomic mass is 9.86. The number of carbonyl (C=O) groups is 4. The number of aryl methyl sites for hydroxylation is 2. The molecule has 0 saturated carbocycles. The number of Topliss-reactive ketones (excluding diaryl/α,β-unsaturated/α-hetero) is 2. The van der Waals surface area contributed by atoms with E-state index in [-0.39, 0.29) is 23.4 Å². The number of anilines is 1. The Balaban J connectivity index is 0.000000194. The molecule has 0 aromatic heterocycles. The fourth-order valence-corrected chi connectivity index (χ4v) is 5.62. The number of nitrogens with one attached hydrogen (secondary N) is 1. The van der Waals surface area contributed by atoms with Crippen LogP contribution in [0.2, 0.25) is 0 Å². The molecule has 0 atom stereocenters. The Morgan fingerprint density at radius 1 is 0.857 bits per heavy atom. The SMILES string of the molecule is CC(=O)N(C)c1ccc2c(c1)CCC(=CN1CCCC1)C2=O.CNC(=O)Cc1ccc2c(c1)CCC(=CN(C)C)C2=O. The highest BCUT2D eigenvalue weighted by Gasteiger charge is 2.25. The number of hydrogen-bond donors (Lipinski definition) is 1. The van der Waals surface area contributed by atoms with Crippen LogP contribution in [0.1, 0.15) is 70.0 Å². The van der Waals surface area contributed by atoms with E-state index in [1.54, 1.807) is 25.9 Å². The first-order valence-corrected chi connectivity index (χ1v) is 14.7. The average Bonchev–Trinajstić information content (AvgIpc) is 3.49. The van der Waals surface area contributed by atoms with E-state index >= 15 is 0 Å². The second kappa shape index (κ2) is 13.6. The second-order valence-electron chi connectivity index (χ2n) is 11.4. The van der Waals surface area contributed by atoms with Crippen LogP contribution in [0, 0.1) is 0 Å². The first-order chi connectivity index (χ1) is 20.1. The van der Waals surface area contributed by atoms with Crippen LogP contribution in [0.25, 0.3) is 0 Å². The van der Waals surface area contributed by atoms with Gasteiger partial charge in [-0.15, -0.1) is 0 Å². The standard InChI is InChI=1S/C18H22N2O2.C16H20N2O2/c1-13(21)19(2)16-7-8-17-14(11-16)5-6-15(18(17)22)12-20-9-3-4-10-20;1-17-15(19)9-11-4-7-14-12(8-11)5-6-13(16(14)20)10-18(2)3/h7-8,11-12H,3-6,9-10H2,1-2H3;4,7-8,10H,5-6,9H2,1-3H3,(H,17,19). The summed E-state index contributed by atoms with van der Waals surface area (Å²) in [5.74, 6) is 0.230. The lowest BCUT2D eigenvalue weighted by Gasteiger charge is -2.23. The highest BCUT2D eigenvalue weighted by atomic mass is 16.2. The van der Waals surface area contributed by atoms with Gasteiger partial charge in [0.1, 0.15) is 0 Å². The molecule has 1 aliphatic heterocycles. The molecular formula is C34H42N4O4. The smallest absolute Gasteiger partial charge is 0.224 e. The van der Waals surface area contributed by atoms with Crippen molar-refractivity contribution >= 4 is 29.1 Å². The van der Waals surface area contributed by atoms with Gasteiger partial charge in [0, 0.05) is 88.6 Å². The summed E-state index contributed by atoms with van der Waals surface area (Å²) in [6.45, 7) is 3.67. The third-order valence-corrected chi connectivity index (χ3v) is 8.05. The van der Waals surface area contributed by atoms with Crippen molar-refractivity contribution in [1.82, 2.24) is 15.1 Å². The molecular weight excluding hydrogens is 528 g/mol. The normalized spacial score (nSPS) is 17.8. The van der Waals surface area contributed by atoms with Gasteiger partial charge >= 0.3 is 0 Å². The molecule has 2 aliphatic carbocycles. The Morgan fingerprint density at radius 2 is 1.45 bits per heavy atom. The lowest BCUT2D eigenvalue weighted by Crippen LogP contribution is -2.24. The summed E-state index contributed by atoms with van der Waals surface area (Å²) in [5, 5.41) is 2.61. The van der Waals surface area contributed by atoms with Crippen molar-refractivity contribution in [2.75, 3.05) is 46.2 Å². The van der Waals surface area contributed by atoms with E-state index in [1.165, 1.54) is 12.8 Å². The average molecular weight is 571 g/mol. The molecule has 2 aromatic rings. The molecule has 222 valence electrons. The van der Waals surface area contributed by atoms with E-state index < -0.39 is 0 Å². The van der Waals surface area contributed by atoms with Crippen LogP contribution in [0.15, 0.2) is 59.9 Å². The molecule has 42 heavy (non-hydrogen) atoms. The zero-order valence-electron chi connectivity index (χ0n) is 25.5. The summed E-state index contributed by atoms with van der Waals surface area (Å²) < 4.78 is 0. The molecule has 0 bridgehead atoms. The minimum Gasteiger partial charge on any atom is -0.383 e. The van der Waals surface area contributed by atoms with Crippen molar-refractivity contribution in [2.45, 2.75) is 51.9 Å². The predicted molar refractivity (Wildman–Crippen MR) is 166 cm³/mol. The summed E-state index contributed by atoms with van der Waals surface area (Å²) in [6.07, 6.45) is 10.0. The summed E-state index contributed by atoms with van der Waals surface area (Å²) in [4.78, 5) is 53.6. The second-order valence-corrected chi connectivity index (χ2v) is 11.4. The van der Waals surface area contributed by atoms with E-state index in [0.717, 1.165) is 83.4 Å². The van der Waals surface area contributed by atoms with Gasteiger partial charge in [-0.3, -0.25) is 19.2 Å². The zero-order valence-corrected chi connectivity index (χ0v) is 25.5. The monoisotopic (exact) mass is 570 g/mol. The Labute approximate surface area is 249 Å². The van der Waals surface area contributed by atoms with Gasteiger partial charge in [-0.1, -0.05) is 18.2 Å². The number of hydrogen-bond acceptors (Lipinski definition) is 6. The Morgan fingerprint density at radius 3 is 2.07 bits per heavy atom. The lowest BCUT2D eigenvalue weighted by molar-refractivity contribution is -0.120. The van der Waals surface area contributed by atoms with Gasteiger partial charge in [-0.05, 0) is 73.4 Å². The van der Waals surface area contributed by atoms with Crippen molar-refractivity contribution < 1.29 is 19.2 Å². The molecule has 1 heterocycles. The van der Waals surface area contributed by atoms with Gasteiger partial charge in [0.2, 0.25) is 11.8 Å². The largest absolute Gasteiger partial charge is 0.383 e. The molecule has 0 radical (unpaired) electrons. The van der Waals surface area contributed by atoms with Crippen molar-refractivity contribution in [3.63, 3.8) is 0 Å². The third-order valence-electron chi connectivity index (χ3n) is 8.05. The van der Waals surface area contributed by atoms with Crippen LogP contribution in [-0.4, -0.2) is 74.5 Å². The van der Waals surface area contributed by atoms with Gasteiger partial charge in [-0.25, -0.2) is 0 Å². The molecule has 8 heteroatoms. The molecule has 5 rings (SSSR count). The van der Waals surface area contributed by atoms with Gasteiger partial charge in [0.15, 0.2) is 11.6 Å². The van der Waals surface area contributed by atoms with Gasteiger partial charge < -0.3 is 20.0 Å². The molecule has 2 aromatic carbocycles. The molecule has 1 fully saturated rings. The predicted octanol–water partition coefficient (Wildman–Crippen LogP) is 4.33. The Kier molecular flexibility index (Phi) is 9.99. The molecule has 8 nitrogen and oxygen atoms in total. The minimum absolute atomic E-state index is 0.00305. The van der Waals surface area contributed by atoms with Crippen LogP contribution in [0.5, 0.6) is 0 Å². The quantitative estimate of drug-likeness (QED) is 0.539. The number of likely N-dealkylation sites (N-methyl/N-ethyl adjacent to an activating group) is 1. The number of fused-ring (bicyclic) bond motifs is 2. The summed E-state index contributed by atoms with van der Waals surface area (Å²) in [6, 6.07) is 11.4. The van der Waals surface area contributed by atoms with Crippen LogP contribution < -0.4 is 10.2 Å². The fourth-order valence-electron chi connectivity index (χ4n) is 5.62. The molecule has 3 aliphatic rings. The highest BCUT2D eigenvalue weighted by Crippen LogP contribution is 2.30. The molecule has 1 N–H and O–H groups in total.